The molecule has 6 aromatic carbocycles. The molecule has 4 aliphatic heterocycles. The molecule has 22 nitrogen and oxygen atoms in total. The zero-order valence-corrected chi connectivity index (χ0v) is 49.3. The molecule has 0 spiro atoms. The number of nitrogens with zero attached hydrogens (tertiary/aromatic N) is 12. The molecule has 0 saturated carbocycles. The Morgan fingerprint density at radius 3 is 0.976 bits per heavy atom. The van der Waals surface area contributed by atoms with E-state index in [0.29, 0.717) is 59.0 Å². The number of pyridine rings is 2. The fourth-order valence-corrected chi connectivity index (χ4v) is 10.6. The van der Waals surface area contributed by atoms with Crippen LogP contribution in [-0.4, -0.2) is 73.7 Å². The Kier molecular flexibility index (Phi) is 12.8. The maximum atomic E-state index is 5.14. The topological polar surface area (TPSA) is 290 Å². The quantitative estimate of drug-likeness (QED) is 0.0637. The van der Waals surface area contributed by atoms with Gasteiger partial charge in [-0.25, -0.2) is 29.9 Å². The summed E-state index contributed by atoms with van der Waals surface area (Å²) < 4.78 is 0. The Labute approximate surface area is 491 Å². The van der Waals surface area contributed by atoms with Crippen molar-refractivity contribution in [1.82, 2.24) is 60.5 Å². The van der Waals surface area contributed by atoms with Gasteiger partial charge in [0.15, 0.2) is 22.7 Å². The summed E-state index contributed by atoms with van der Waals surface area (Å²) in [5.41, 5.74) is 5.28. The van der Waals surface area contributed by atoms with Crippen LogP contribution in [0, 0.1) is 0 Å². The normalized spacial score (nSPS) is 20.9. The number of aromatic amines is 4. The Balaban J connectivity index is 0.000000150. The SMILES string of the molecule is [Zn+2].[Zn+2].c1ccc([C@]23N=C(Nc4nc5ccccc5[nH]4)N[C@@]2(c2ccccn2)N=C(Nc2nc4ccccc4[nH]2)[N-]3)cc1.c1ccc([C@]23N=C(Nc4nc5ccccc5[nH]4)N[C@@]2(c2ccccn2)N=C(Nc2nc4ccccc4[nH]2)[N-]3)cc1. The molecule has 12 aromatic rings. The smallest absolute Gasteiger partial charge is 0.383 e. The van der Waals surface area contributed by atoms with Crippen LogP contribution in [-0.2, 0) is 61.6 Å². The molecule has 0 fully saturated rings. The second-order valence-electron chi connectivity index (χ2n) is 19.1. The van der Waals surface area contributed by atoms with Gasteiger partial charge in [-0.2, -0.15) is 0 Å². The van der Waals surface area contributed by atoms with Gasteiger partial charge in [0.1, 0.15) is 11.9 Å². The molecule has 10 heterocycles. The van der Waals surface area contributed by atoms with E-state index in [1.54, 1.807) is 12.4 Å². The van der Waals surface area contributed by atoms with E-state index >= 15 is 0 Å². The molecule has 24 heteroatoms. The molecule has 82 heavy (non-hydrogen) atoms. The summed E-state index contributed by atoms with van der Waals surface area (Å²) in [7, 11) is 0. The van der Waals surface area contributed by atoms with E-state index in [1.807, 2.05) is 194 Å². The van der Waals surface area contributed by atoms with E-state index in [0.717, 1.165) is 55.3 Å². The molecule has 10 N–H and O–H groups in total. The number of benzene rings is 6. The average Bonchev–Trinajstić information content (AvgIpc) is 2.57. The number of nitrogens with one attached hydrogen (secondary N) is 10. The zero-order chi connectivity index (χ0) is 53.1. The summed E-state index contributed by atoms with van der Waals surface area (Å²) in [4.78, 5) is 61.7. The average molecular weight is 1180 g/mol. The number of hydrogen-bond donors (Lipinski definition) is 10. The number of hydrogen-bond acceptors (Lipinski definition) is 16. The fraction of sp³-hybridized carbons (Fsp3) is 0.0690. The maximum absolute atomic E-state index is 5.14. The van der Waals surface area contributed by atoms with Crippen molar-refractivity contribution in [3.05, 3.63) is 240 Å². The zero-order valence-electron chi connectivity index (χ0n) is 43.4. The first-order valence-corrected chi connectivity index (χ1v) is 25.6. The number of fused-ring (bicyclic) bond motifs is 6. The van der Waals surface area contributed by atoms with Crippen LogP contribution in [0.25, 0.3) is 54.8 Å². The predicted molar refractivity (Wildman–Crippen MR) is 310 cm³/mol. The summed E-state index contributed by atoms with van der Waals surface area (Å²) >= 11 is 0. The third-order valence-corrected chi connectivity index (χ3v) is 14.2. The first-order chi connectivity index (χ1) is 39.4. The van der Waals surface area contributed by atoms with Crippen molar-refractivity contribution in [2.75, 3.05) is 21.3 Å². The van der Waals surface area contributed by atoms with Crippen LogP contribution in [0.5, 0.6) is 0 Å². The minimum atomic E-state index is -1.20. The molecule has 4 atom stereocenters. The molecule has 6 aromatic heterocycles. The maximum Gasteiger partial charge on any atom is 2.00 e. The van der Waals surface area contributed by atoms with Crippen LogP contribution in [0.1, 0.15) is 22.5 Å². The second-order valence-corrected chi connectivity index (χ2v) is 19.1. The van der Waals surface area contributed by atoms with E-state index < -0.39 is 22.7 Å². The molecule has 0 aliphatic carbocycles. The number of aromatic nitrogens is 10. The first-order valence-electron chi connectivity index (χ1n) is 25.6. The van der Waals surface area contributed by atoms with Crippen LogP contribution >= 0.6 is 0 Å². The van der Waals surface area contributed by atoms with Crippen LogP contribution in [0.4, 0.5) is 23.8 Å². The first kappa shape index (κ1) is 51.3. The summed E-state index contributed by atoms with van der Waals surface area (Å²) in [6.45, 7) is 0. The van der Waals surface area contributed by atoms with Crippen molar-refractivity contribution in [2.24, 2.45) is 20.0 Å². The number of aliphatic imine (C=N–C) groups is 4. The summed E-state index contributed by atoms with van der Waals surface area (Å²) in [5, 5.41) is 30.4. The van der Waals surface area contributed by atoms with Crippen molar-refractivity contribution in [3.63, 3.8) is 0 Å². The summed E-state index contributed by atoms with van der Waals surface area (Å²) in [6, 6.07) is 62.6. The standard InChI is InChI=1S/2C29H22N11.2Zn/c2*1-2-10-18(11-3-1)28-29(23-16-8-9-17-30-23,39-26(37-28)35-24-31-19-12-4-5-13-20(19)32-24)40-27(38-28)36-25-33-21-14-6-7-15-22(21)34-25;;/h2*1-17H,(H5-,31,32,33,34,35,36,37,38,39,40);;/q2*-1;2*+2/t2*28-,29+;;. The minimum absolute atomic E-state index is 0. The number of para-hydroxylation sites is 8. The third kappa shape index (κ3) is 8.63. The number of rotatable bonds is 8. The molecule has 16 rings (SSSR count). The van der Waals surface area contributed by atoms with Crippen LogP contribution in [0.2, 0.25) is 0 Å². The third-order valence-electron chi connectivity index (χ3n) is 14.2. The van der Waals surface area contributed by atoms with Crippen molar-refractivity contribution in [3.8, 4) is 0 Å². The van der Waals surface area contributed by atoms with Gasteiger partial charge in [0, 0.05) is 24.3 Å². The summed E-state index contributed by atoms with van der Waals surface area (Å²) in [6.07, 6.45) is 3.48. The second kappa shape index (κ2) is 20.5. The minimum Gasteiger partial charge on any atom is -0.383 e. The Morgan fingerprint density at radius 2 is 0.646 bits per heavy atom. The van der Waals surface area contributed by atoms with Gasteiger partial charge in [0.05, 0.1) is 55.5 Å². The Bertz CT molecular complexity index is 3730. The van der Waals surface area contributed by atoms with Gasteiger partial charge in [0.2, 0.25) is 23.8 Å². The number of H-pyrrole nitrogens is 4. The molecular weight excluding hydrogens is 1140 g/mol. The van der Waals surface area contributed by atoms with E-state index in [1.165, 1.54) is 0 Å². The predicted octanol–water partition coefficient (Wildman–Crippen LogP) is 9.53. The van der Waals surface area contributed by atoms with Gasteiger partial charge in [-0.1, -0.05) is 121 Å². The van der Waals surface area contributed by atoms with E-state index in [4.69, 9.17) is 40.6 Å². The molecule has 4 aliphatic rings. The van der Waals surface area contributed by atoms with Crippen LogP contribution in [0.3, 0.4) is 0 Å². The molecule has 0 bridgehead atoms. The van der Waals surface area contributed by atoms with E-state index in [2.05, 4.69) is 71.8 Å². The van der Waals surface area contributed by atoms with Gasteiger partial charge in [-0.15, -0.1) is 0 Å². The van der Waals surface area contributed by atoms with Crippen molar-refractivity contribution in [2.45, 2.75) is 22.7 Å². The molecule has 0 amide bonds. The molecule has 388 valence electrons. The number of guanidine groups is 4. The largest absolute Gasteiger partial charge is 2.00 e. The molecule has 0 saturated heterocycles. The number of anilines is 4. The van der Waals surface area contributed by atoms with Crippen molar-refractivity contribution >= 4 is 91.8 Å². The van der Waals surface area contributed by atoms with Gasteiger partial charge >= 0.3 is 39.0 Å². The van der Waals surface area contributed by atoms with Gasteiger partial charge < -0.3 is 61.8 Å². The van der Waals surface area contributed by atoms with E-state index in [-0.39, 0.29) is 39.0 Å². The van der Waals surface area contributed by atoms with Crippen LogP contribution < -0.4 is 31.9 Å². The van der Waals surface area contributed by atoms with Gasteiger partial charge in [-0.05, 0) is 83.9 Å². The van der Waals surface area contributed by atoms with Crippen molar-refractivity contribution in [1.29, 1.82) is 0 Å². The van der Waals surface area contributed by atoms with Crippen LogP contribution in [0.15, 0.2) is 226 Å². The molecular formula is C58H44N22Zn2+2. The monoisotopic (exact) mass is 1180 g/mol. The van der Waals surface area contributed by atoms with Gasteiger partial charge in [-0.3, -0.25) is 20.6 Å². The molecule has 0 unspecified atom stereocenters. The molecule has 0 radical (unpaired) electrons. The van der Waals surface area contributed by atoms with Crippen molar-refractivity contribution < 1.29 is 39.0 Å². The summed E-state index contributed by atoms with van der Waals surface area (Å²) in [5.74, 6) is 3.83. The fourth-order valence-electron chi connectivity index (χ4n) is 10.6. The Morgan fingerprint density at radius 1 is 0.329 bits per heavy atom. The van der Waals surface area contributed by atoms with E-state index in [9.17, 15) is 0 Å². The Hall–Kier alpha value is -10.2. The number of imidazole rings is 4. The van der Waals surface area contributed by atoms with Gasteiger partial charge in [0.25, 0.3) is 0 Å².